The smallest absolute Gasteiger partial charge is 0.320 e. The number of hydrogen-bond acceptors (Lipinski definition) is 4. The predicted octanol–water partition coefficient (Wildman–Crippen LogP) is 2.20. The van der Waals surface area contributed by atoms with Crippen LogP contribution in [0.2, 0.25) is 0 Å². The molecular weight excluding hydrogens is 399 g/mol. The zero-order valence-corrected chi connectivity index (χ0v) is 16.4. The zero-order valence-electron chi connectivity index (χ0n) is 15.6. The third-order valence-corrected chi connectivity index (χ3v) is 5.22. The molecule has 9 heteroatoms. The highest BCUT2D eigenvalue weighted by Crippen LogP contribution is 2.26. The van der Waals surface area contributed by atoms with Gasteiger partial charge in [-0.1, -0.05) is 18.2 Å². The van der Waals surface area contributed by atoms with E-state index in [0.717, 1.165) is 5.56 Å². The maximum atomic E-state index is 14.7. The summed E-state index contributed by atoms with van der Waals surface area (Å²) in [6.45, 7) is 2.90. The zero-order chi connectivity index (χ0) is 19.9. The monoisotopic (exact) mass is 418 g/mol. The molecule has 1 fully saturated rings. The van der Waals surface area contributed by atoms with Crippen molar-refractivity contribution in [2.24, 2.45) is 0 Å². The van der Waals surface area contributed by atoms with Crippen molar-refractivity contribution in [2.45, 2.75) is 25.4 Å². The molecule has 1 unspecified atom stereocenters. The molecule has 0 bridgehead atoms. The van der Waals surface area contributed by atoms with E-state index >= 15 is 0 Å². The number of halogens is 2. The van der Waals surface area contributed by atoms with Crippen LogP contribution in [0.15, 0.2) is 36.4 Å². The third kappa shape index (κ3) is 3.68. The molecule has 0 saturated carbocycles. The van der Waals surface area contributed by atoms with Gasteiger partial charge in [-0.25, -0.2) is 9.18 Å². The first-order valence-electron chi connectivity index (χ1n) is 8.95. The summed E-state index contributed by atoms with van der Waals surface area (Å²) in [5.74, 6) is -1.31. The summed E-state index contributed by atoms with van der Waals surface area (Å²) in [5.41, 5.74) is 1.34. The van der Waals surface area contributed by atoms with Gasteiger partial charge in [0.05, 0.1) is 5.69 Å². The SMILES string of the molecule is CC1(c2ccc(C(=O)Nc3ccc4c(c3F)CCNC4)cc2)NC(=O)NC1=O.Cl. The molecule has 0 aliphatic carbocycles. The molecule has 4 rings (SSSR count). The van der Waals surface area contributed by atoms with Crippen LogP contribution in [0.4, 0.5) is 14.9 Å². The summed E-state index contributed by atoms with van der Waals surface area (Å²) in [6, 6.07) is 9.07. The van der Waals surface area contributed by atoms with Crippen LogP contribution in [0.5, 0.6) is 0 Å². The number of benzene rings is 2. The Bertz CT molecular complexity index is 996. The van der Waals surface area contributed by atoms with Gasteiger partial charge in [0.2, 0.25) is 0 Å². The minimum atomic E-state index is -1.19. The Labute approximate surface area is 172 Å². The van der Waals surface area contributed by atoms with Gasteiger partial charge < -0.3 is 16.0 Å². The topological polar surface area (TPSA) is 99.3 Å². The van der Waals surface area contributed by atoms with Crippen molar-refractivity contribution < 1.29 is 18.8 Å². The molecule has 2 aliphatic rings. The van der Waals surface area contributed by atoms with Gasteiger partial charge in [-0.3, -0.25) is 14.9 Å². The molecule has 2 aromatic carbocycles. The molecule has 4 amide bonds. The summed E-state index contributed by atoms with van der Waals surface area (Å²) in [7, 11) is 0. The standard InChI is InChI=1S/C20H19FN4O3.ClH/c1-20(18(27)24-19(28)25-20)13-5-2-11(3-6-13)17(26)23-15-7-4-12-10-22-9-8-14(12)16(15)21;/h2-7,22H,8-10H2,1H3,(H,23,26)(H2,24,25,27,28);1H. The lowest BCUT2D eigenvalue weighted by Gasteiger charge is -2.21. The quantitative estimate of drug-likeness (QED) is 0.574. The molecule has 2 aromatic rings. The van der Waals surface area contributed by atoms with Gasteiger partial charge in [0, 0.05) is 12.1 Å². The van der Waals surface area contributed by atoms with E-state index in [9.17, 15) is 18.8 Å². The number of urea groups is 1. The van der Waals surface area contributed by atoms with E-state index in [4.69, 9.17) is 0 Å². The van der Waals surface area contributed by atoms with E-state index in [1.54, 1.807) is 25.1 Å². The number of rotatable bonds is 3. The van der Waals surface area contributed by atoms with Crippen LogP contribution in [0.3, 0.4) is 0 Å². The highest BCUT2D eigenvalue weighted by molar-refractivity contribution is 6.07. The fraction of sp³-hybridized carbons (Fsp3) is 0.250. The summed E-state index contributed by atoms with van der Waals surface area (Å²) in [5, 5.41) is 10.5. The van der Waals surface area contributed by atoms with Crippen LogP contribution in [0.25, 0.3) is 0 Å². The van der Waals surface area contributed by atoms with Gasteiger partial charge in [0.15, 0.2) is 0 Å². The molecule has 2 heterocycles. The number of anilines is 1. The molecule has 4 N–H and O–H groups in total. The Morgan fingerprint density at radius 3 is 2.52 bits per heavy atom. The summed E-state index contributed by atoms with van der Waals surface area (Å²) < 4.78 is 14.7. The Balaban J connectivity index is 0.00000240. The van der Waals surface area contributed by atoms with Crippen molar-refractivity contribution in [1.29, 1.82) is 0 Å². The Morgan fingerprint density at radius 2 is 1.86 bits per heavy atom. The lowest BCUT2D eigenvalue weighted by molar-refractivity contribution is -0.123. The van der Waals surface area contributed by atoms with Crippen molar-refractivity contribution in [3.8, 4) is 0 Å². The molecule has 1 atom stereocenters. The predicted molar refractivity (Wildman–Crippen MR) is 107 cm³/mol. The second kappa shape index (κ2) is 7.81. The van der Waals surface area contributed by atoms with E-state index in [-0.39, 0.29) is 18.1 Å². The average Bonchev–Trinajstić information content (AvgIpc) is 2.97. The number of hydrogen-bond donors (Lipinski definition) is 4. The number of nitrogens with one attached hydrogen (secondary N) is 4. The van der Waals surface area contributed by atoms with Crippen molar-refractivity contribution in [3.05, 3.63) is 64.5 Å². The molecule has 0 spiro atoms. The summed E-state index contributed by atoms with van der Waals surface area (Å²) >= 11 is 0. The highest BCUT2D eigenvalue weighted by atomic mass is 35.5. The van der Waals surface area contributed by atoms with Gasteiger partial charge in [-0.15, -0.1) is 12.4 Å². The van der Waals surface area contributed by atoms with Gasteiger partial charge in [0.25, 0.3) is 11.8 Å². The van der Waals surface area contributed by atoms with Crippen LogP contribution in [0, 0.1) is 5.82 Å². The molecule has 0 radical (unpaired) electrons. The number of fused-ring (bicyclic) bond motifs is 1. The van der Waals surface area contributed by atoms with Crippen LogP contribution in [-0.4, -0.2) is 24.4 Å². The summed E-state index contributed by atoms with van der Waals surface area (Å²) in [6.07, 6.45) is 0.575. The second-order valence-corrected chi connectivity index (χ2v) is 7.06. The summed E-state index contributed by atoms with van der Waals surface area (Å²) in [4.78, 5) is 35.9. The number of amides is 4. The maximum Gasteiger partial charge on any atom is 0.322 e. The Kier molecular flexibility index (Phi) is 5.59. The first-order chi connectivity index (χ1) is 13.4. The number of carbonyl (C=O) groups is 3. The molecule has 29 heavy (non-hydrogen) atoms. The first kappa shape index (κ1) is 20.8. The van der Waals surface area contributed by atoms with Crippen molar-refractivity contribution in [3.63, 3.8) is 0 Å². The van der Waals surface area contributed by atoms with E-state index in [1.165, 1.54) is 12.1 Å². The molecule has 7 nitrogen and oxygen atoms in total. The molecule has 0 aromatic heterocycles. The maximum absolute atomic E-state index is 14.7. The van der Waals surface area contributed by atoms with Crippen LogP contribution < -0.4 is 21.3 Å². The van der Waals surface area contributed by atoms with Gasteiger partial charge >= 0.3 is 6.03 Å². The largest absolute Gasteiger partial charge is 0.322 e. The number of imide groups is 1. The average molecular weight is 419 g/mol. The number of carbonyl (C=O) groups excluding carboxylic acids is 3. The van der Waals surface area contributed by atoms with Crippen LogP contribution >= 0.6 is 12.4 Å². The molecule has 1 saturated heterocycles. The first-order valence-corrected chi connectivity index (χ1v) is 8.95. The van der Waals surface area contributed by atoms with E-state index in [1.807, 2.05) is 6.07 Å². The molecule has 152 valence electrons. The second-order valence-electron chi connectivity index (χ2n) is 7.06. The van der Waals surface area contributed by atoms with Crippen LogP contribution in [-0.2, 0) is 23.3 Å². The minimum Gasteiger partial charge on any atom is -0.320 e. The Morgan fingerprint density at radius 1 is 1.14 bits per heavy atom. The fourth-order valence-corrected chi connectivity index (χ4v) is 3.53. The van der Waals surface area contributed by atoms with Crippen molar-refractivity contribution in [2.75, 3.05) is 11.9 Å². The van der Waals surface area contributed by atoms with Gasteiger partial charge in [0.1, 0.15) is 11.4 Å². The van der Waals surface area contributed by atoms with E-state index < -0.39 is 29.2 Å². The van der Waals surface area contributed by atoms with E-state index in [0.29, 0.717) is 36.2 Å². The lowest BCUT2D eigenvalue weighted by Crippen LogP contribution is -2.40. The van der Waals surface area contributed by atoms with Gasteiger partial charge in [-0.2, -0.15) is 0 Å². The minimum absolute atomic E-state index is 0. The van der Waals surface area contributed by atoms with Crippen LogP contribution in [0.1, 0.15) is 34.0 Å². The normalized spacial score (nSPS) is 20.2. The lowest BCUT2D eigenvalue weighted by atomic mass is 9.91. The molecule has 2 aliphatic heterocycles. The Hall–Kier alpha value is -2.97. The fourth-order valence-electron chi connectivity index (χ4n) is 3.53. The molecular formula is C20H20ClFN4O3. The van der Waals surface area contributed by atoms with Gasteiger partial charge in [-0.05, 0) is 54.8 Å². The van der Waals surface area contributed by atoms with Crippen molar-refractivity contribution >= 4 is 35.9 Å². The van der Waals surface area contributed by atoms with E-state index in [2.05, 4.69) is 21.3 Å². The highest BCUT2D eigenvalue weighted by Gasteiger charge is 2.43. The van der Waals surface area contributed by atoms with Crippen molar-refractivity contribution in [1.82, 2.24) is 16.0 Å². The third-order valence-electron chi connectivity index (χ3n) is 5.22.